The Morgan fingerprint density at radius 1 is 1.09 bits per heavy atom. The van der Waals surface area contributed by atoms with Crippen molar-refractivity contribution in [2.75, 3.05) is 44.2 Å². The first kappa shape index (κ1) is 20.8. The summed E-state index contributed by atoms with van der Waals surface area (Å²) in [5, 5.41) is 8.10. The molecule has 2 aromatic heterocycles. The summed E-state index contributed by atoms with van der Waals surface area (Å²) in [6.07, 6.45) is 10.6. The minimum atomic E-state index is 0.736. The Morgan fingerprint density at radius 3 is 2.62 bits per heavy atom. The molecule has 3 aromatic rings. The van der Waals surface area contributed by atoms with E-state index in [0.717, 1.165) is 79.0 Å². The van der Waals surface area contributed by atoms with Gasteiger partial charge >= 0.3 is 0 Å². The fraction of sp³-hybridized carbons (Fsp3) is 0.400. The molecule has 2 saturated heterocycles. The van der Waals surface area contributed by atoms with Crippen LogP contribution in [0.3, 0.4) is 0 Å². The van der Waals surface area contributed by atoms with Crippen LogP contribution in [-0.4, -0.2) is 71.5 Å². The normalized spacial score (nSPS) is 18.9. The smallest absolute Gasteiger partial charge is 0.162 e. The number of aliphatic imine (C=N–C) groups is 1. The van der Waals surface area contributed by atoms with Gasteiger partial charge in [0.1, 0.15) is 0 Å². The number of fused-ring (bicyclic) bond motifs is 1. The van der Waals surface area contributed by atoms with Crippen molar-refractivity contribution in [3.05, 3.63) is 60.1 Å². The highest BCUT2D eigenvalue weighted by Gasteiger charge is 2.25. The molecular weight excluding hydrogens is 398 g/mol. The summed E-state index contributed by atoms with van der Waals surface area (Å²) in [5.74, 6) is 0. The van der Waals surface area contributed by atoms with E-state index in [1.54, 1.807) is 0 Å². The third-order valence-electron chi connectivity index (χ3n) is 6.79. The predicted molar refractivity (Wildman–Crippen MR) is 131 cm³/mol. The molecule has 5 rings (SSSR count). The van der Waals surface area contributed by atoms with E-state index in [2.05, 4.69) is 50.3 Å². The molecule has 4 heterocycles. The van der Waals surface area contributed by atoms with Gasteiger partial charge in [-0.3, -0.25) is 9.89 Å². The number of anilines is 1. The summed E-state index contributed by atoms with van der Waals surface area (Å²) in [6.45, 7) is 12.3. The molecule has 0 unspecified atom stereocenters. The minimum absolute atomic E-state index is 0.736. The van der Waals surface area contributed by atoms with Gasteiger partial charge in [-0.2, -0.15) is 5.10 Å². The van der Waals surface area contributed by atoms with Crippen molar-refractivity contribution >= 4 is 29.3 Å². The van der Waals surface area contributed by atoms with E-state index in [1.807, 2.05) is 42.0 Å². The standard InChI is InChI=1S/C25H31N7/c1-3-21(22-6-4-5-7-24(22)26-2)23-17-29-32-18-20(16-28-25(23)32)31-14-12-30(13-15-31)19-8-10-27-11-9-19/h3-7,16-19,27H,2,8-15H2,1H3/b21-3+. The van der Waals surface area contributed by atoms with Crippen molar-refractivity contribution in [3.63, 3.8) is 0 Å². The summed E-state index contributed by atoms with van der Waals surface area (Å²) in [4.78, 5) is 14.1. The Morgan fingerprint density at radius 2 is 1.88 bits per heavy atom. The Balaban J connectivity index is 1.36. The van der Waals surface area contributed by atoms with Gasteiger partial charge in [-0.1, -0.05) is 24.3 Å². The van der Waals surface area contributed by atoms with E-state index in [-0.39, 0.29) is 0 Å². The number of hydrogen-bond acceptors (Lipinski definition) is 6. The molecule has 7 nitrogen and oxygen atoms in total. The van der Waals surface area contributed by atoms with Crippen molar-refractivity contribution in [2.24, 2.45) is 4.99 Å². The minimum Gasteiger partial charge on any atom is -0.366 e. The Kier molecular flexibility index (Phi) is 6.01. The molecule has 1 N–H and O–H groups in total. The molecule has 2 aliphatic heterocycles. The van der Waals surface area contributed by atoms with Crippen molar-refractivity contribution < 1.29 is 0 Å². The van der Waals surface area contributed by atoms with Crippen molar-refractivity contribution in [1.82, 2.24) is 24.8 Å². The number of allylic oxidation sites excluding steroid dienone is 1. The zero-order valence-electron chi connectivity index (χ0n) is 18.7. The van der Waals surface area contributed by atoms with Crippen LogP contribution in [0.25, 0.3) is 11.2 Å². The fourth-order valence-corrected chi connectivity index (χ4v) is 5.03. The molecule has 0 saturated carbocycles. The molecule has 2 aliphatic rings. The molecule has 166 valence electrons. The Labute approximate surface area is 189 Å². The van der Waals surface area contributed by atoms with Gasteiger partial charge < -0.3 is 10.2 Å². The lowest BCUT2D eigenvalue weighted by Crippen LogP contribution is -2.52. The summed E-state index contributed by atoms with van der Waals surface area (Å²) in [6, 6.07) is 8.78. The zero-order chi connectivity index (χ0) is 21.9. The lowest BCUT2D eigenvalue weighted by Gasteiger charge is -2.41. The third kappa shape index (κ3) is 3.94. The van der Waals surface area contributed by atoms with E-state index in [4.69, 9.17) is 4.98 Å². The lowest BCUT2D eigenvalue weighted by molar-refractivity contribution is 0.153. The van der Waals surface area contributed by atoms with E-state index < -0.39 is 0 Å². The van der Waals surface area contributed by atoms with Crippen LogP contribution < -0.4 is 10.2 Å². The van der Waals surface area contributed by atoms with Crippen LogP contribution in [-0.2, 0) is 0 Å². The van der Waals surface area contributed by atoms with Crippen LogP contribution in [0.5, 0.6) is 0 Å². The number of rotatable bonds is 5. The second-order valence-electron chi connectivity index (χ2n) is 8.52. The highest BCUT2D eigenvalue weighted by atomic mass is 15.3. The quantitative estimate of drug-likeness (QED) is 0.630. The van der Waals surface area contributed by atoms with Crippen LogP contribution >= 0.6 is 0 Å². The number of piperazine rings is 1. The fourth-order valence-electron chi connectivity index (χ4n) is 5.03. The van der Waals surface area contributed by atoms with Crippen LogP contribution in [0.4, 0.5) is 11.4 Å². The monoisotopic (exact) mass is 429 g/mol. The SMILES string of the molecule is C=Nc1ccccc1/C(=C\C)c1cnn2cc(N3CCN(C4CCNCC4)CC3)cnc12. The molecule has 0 spiro atoms. The first-order valence-corrected chi connectivity index (χ1v) is 11.5. The summed E-state index contributed by atoms with van der Waals surface area (Å²) in [7, 11) is 0. The predicted octanol–water partition coefficient (Wildman–Crippen LogP) is 3.39. The topological polar surface area (TPSA) is 61.1 Å². The number of nitrogens with one attached hydrogen (secondary N) is 1. The molecule has 32 heavy (non-hydrogen) atoms. The maximum atomic E-state index is 4.82. The molecule has 0 bridgehead atoms. The molecule has 2 fully saturated rings. The molecule has 7 heteroatoms. The number of para-hydroxylation sites is 1. The highest BCUT2D eigenvalue weighted by molar-refractivity contribution is 5.90. The average molecular weight is 430 g/mol. The van der Waals surface area contributed by atoms with E-state index in [0.29, 0.717) is 0 Å². The van der Waals surface area contributed by atoms with Crippen LogP contribution in [0.15, 0.2) is 53.9 Å². The van der Waals surface area contributed by atoms with Gasteiger partial charge in [0, 0.05) is 43.3 Å². The lowest BCUT2D eigenvalue weighted by atomic mass is 9.98. The van der Waals surface area contributed by atoms with Gasteiger partial charge in [0.15, 0.2) is 5.65 Å². The number of piperidine rings is 1. The van der Waals surface area contributed by atoms with Crippen LogP contribution in [0.2, 0.25) is 0 Å². The van der Waals surface area contributed by atoms with Gasteiger partial charge in [-0.25, -0.2) is 9.50 Å². The van der Waals surface area contributed by atoms with Crippen LogP contribution in [0, 0.1) is 0 Å². The first-order valence-electron chi connectivity index (χ1n) is 11.5. The Bertz CT molecular complexity index is 1120. The second-order valence-corrected chi connectivity index (χ2v) is 8.52. The average Bonchev–Trinajstić information content (AvgIpc) is 3.28. The molecule has 0 radical (unpaired) electrons. The molecule has 0 atom stereocenters. The first-order chi connectivity index (χ1) is 15.8. The van der Waals surface area contributed by atoms with E-state index >= 15 is 0 Å². The highest BCUT2D eigenvalue weighted by Crippen LogP contribution is 2.33. The number of benzene rings is 1. The maximum absolute atomic E-state index is 4.82. The molecule has 1 aromatic carbocycles. The number of aromatic nitrogens is 3. The van der Waals surface area contributed by atoms with Gasteiger partial charge in [-0.15, -0.1) is 0 Å². The van der Waals surface area contributed by atoms with Gasteiger partial charge in [0.05, 0.1) is 30.0 Å². The van der Waals surface area contributed by atoms with Crippen molar-refractivity contribution in [3.8, 4) is 0 Å². The molecular formula is C25H31N7. The number of hydrogen-bond donors (Lipinski definition) is 1. The summed E-state index contributed by atoms with van der Waals surface area (Å²) in [5.41, 5.74) is 5.97. The Hall–Kier alpha value is -3.03. The number of nitrogens with zero attached hydrogens (tertiary/aromatic N) is 6. The van der Waals surface area contributed by atoms with Gasteiger partial charge in [0.25, 0.3) is 0 Å². The van der Waals surface area contributed by atoms with E-state index in [9.17, 15) is 0 Å². The van der Waals surface area contributed by atoms with Crippen LogP contribution in [0.1, 0.15) is 30.9 Å². The zero-order valence-corrected chi connectivity index (χ0v) is 18.7. The van der Waals surface area contributed by atoms with Crippen molar-refractivity contribution in [1.29, 1.82) is 0 Å². The summed E-state index contributed by atoms with van der Waals surface area (Å²) >= 11 is 0. The van der Waals surface area contributed by atoms with Gasteiger partial charge in [-0.05, 0) is 51.2 Å². The van der Waals surface area contributed by atoms with E-state index in [1.165, 1.54) is 12.8 Å². The summed E-state index contributed by atoms with van der Waals surface area (Å²) < 4.78 is 1.90. The largest absolute Gasteiger partial charge is 0.366 e. The molecule has 0 aliphatic carbocycles. The maximum Gasteiger partial charge on any atom is 0.162 e. The molecule has 0 amide bonds. The third-order valence-corrected chi connectivity index (χ3v) is 6.79. The van der Waals surface area contributed by atoms with Gasteiger partial charge in [0.2, 0.25) is 0 Å². The van der Waals surface area contributed by atoms with Crippen molar-refractivity contribution in [2.45, 2.75) is 25.8 Å². The second kappa shape index (κ2) is 9.22.